The molecule has 2 nitrogen and oxygen atoms in total. The van der Waals surface area contributed by atoms with E-state index in [2.05, 4.69) is 0 Å². The largest absolute Gasteiger partial charge is 0.389 e. The molecule has 0 aromatic heterocycles. The first-order chi connectivity index (χ1) is 13.6. The second-order valence-corrected chi connectivity index (χ2v) is 8.34. The maximum atomic E-state index is 12.0. The molecule has 0 radical (unpaired) electrons. The first-order valence-electron chi connectivity index (χ1n) is 11.9. The quantitative estimate of drug-likeness (QED) is 0.212. The molecule has 0 amide bonds. The Hall–Kier alpha value is -0.290. The van der Waals surface area contributed by atoms with E-state index in [1.807, 2.05) is 0 Å². The summed E-state index contributed by atoms with van der Waals surface area (Å²) in [7, 11) is 0. The molecule has 1 aliphatic heterocycles. The Morgan fingerprint density at radius 2 is 1.11 bits per heavy atom. The summed E-state index contributed by atoms with van der Waals surface area (Å²) in [6.45, 7) is 1.70. The van der Waals surface area contributed by atoms with Gasteiger partial charge in [0.1, 0.15) is 0 Å². The SMILES string of the molecule is FC(F)(F)CCCCCCCCCCCCCCCCCOC1CCCCO1. The topological polar surface area (TPSA) is 18.5 Å². The van der Waals surface area contributed by atoms with E-state index in [1.165, 1.54) is 77.0 Å². The summed E-state index contributed by atoms with van der Waals surface area (Å²) in [5.74, 6) is 0. The monoisotopic (exact) mass is 408 g/mol. The van der Waals surface area contributed by atoms with E-state index in [4.69, 9.17) is 9.47 Å². The number of alkyl halides is 3. The first-order valence-corrected chi connectivity index (χ1v) is 11.9. The zero-order valence-electron chi connectivity index (χ0n) is 17.9. The van der Waals surface area contributed by atoms with Crippen molar-refractivity contribution in [3.8, 4) is 0 Å². The highest BCUT2D eigenvalue weighted by Gasteiger charge is 2.25. The predicted octanol–water partition coefficient (Wildman–Crippen LogP) is 8.33. The van der Waals surface area contributed by atoms with E-state index in [0.29, 0.717) is 6.42 Å². The zero-order chi connectivity index (χ0) is 20.3. The van der Waals surface area contributed by atoms with E-state index in [1.54, 1.807) is 0 Å². The lowest BCUT2D eigenvalue weighted by molar-refractivity contribution is -0.162. The third kappa shape index (κ3) is 17.8. The van der Waals surface area contributed by atoms with Crippen molar-refractivity contribution in [1.82, 2.24) is 0 Å². The highest BCUT2D eigenvalue weighted by Crippen LogP contribution is 2.23. The molecule has 0 saturated carbocycles. The van der Waals surface area contributed by atoms with Gasteiger partial charge in [-0.2, -0.15) is 13.2 Å². The van der Waals surface area contributed by atoms with Crippen LogP contribution < -0.4 is 0 Å². The van der Waals surface area contributed by atoms with Gasteiger partial charge < -0.3 is 9.47 Å². The molecule has 0 bridgehead atoms. The Labute approximate surface area is 170 Å². The molecule has 0 aromatic carbocycles. The van der Waals surface area contributed by atoms with Gasteiger partial charge in [-0.25, -0.2) is 0 Å². The van der Waals surface area contributed by atoms with Crippen molar-refractivity contribution in [2.45, 2.75) is 134 Å². The van der Waals surface area contributed by atoms with Crippen molar-refractivity contribution in [3.05, 3.63) is 0 Å². The van der Waals surface area contributed by atoms with Gasteiger partial charge in [-0.15, -0.1) is 0 Å². The molecule has 5 heteroatoms. The molecule has 1 fully saturated rings. The minimum Gasteiger partial charge on any atom is -0.353 e. The summed E-state index contributed by atoms with van der Waals surface area (Å²) < 4.78 is 47.3. The van der Waals surface area contributed by atoms with Crippen molar-refractivity contribution < 1.29 is 22.6 Å². The fourth-order valence-corrected chi connectivity index (χ4v) is 3.78. The molecular weight excluding hydrogens is 365 g/mol. The second kappa shape index (κ2) is 17.6. The molecule has 1 atom stereocenters. The van der Waals surface area contributed by atoms with Crippen LogP contribution in [0, 0.1) is 0 Å². The molecule has 1 saturated heterocycles. The van der Waals surface area contributed by atoms with Gasteiger partial charge in [0.2, 0.25) is 0 Å². The van der Waals surface area contributed by atoms with Crippen molar-refractivity contribution in [3.63, 3.8) is 0 Å². The summed E-state index contributed by atoms with van der Waals surface area (Å²) in [5.41, 5.74) is 0. The fraction of sp³-hybridized carbons (Fsp3) is 1.00. The van der Waals surface area contributed by atoms with E-state index >= 15 is 0 Å². The predicted molar refractivity (Wildman–Crippen MR) is 109 cm³/mol. The van der Waals surface area contributed by atoms with Crippen LogP contribution in [0.4, 0.5) is 13.2 Å². The van der Waals surface area contributed by atoms with Crippen LogP contribution in [-0.2, 0) is 9.47 Å². The standard InChI is InChI=1S/C23H43F3O2/c24-23(25,26)19-15-12-10-8-6-4-2-1-3-5-7-9-11-13-16-20-27-22-18-14-17-21-28-22/h22H,1-21H2. The number of unbranched alkanes of at least 4 members (excludes halogenated alkanes) is 14. The number of hydrogen-bond donors (Lipinski definition) is 0. The van der Waals surface area contributed by atoms with E-state index in [-0.39, 0.29) is 6.29 Å². The van der Waals surface area contributed by atoms with Crippen LogP contribution in [0.1, 0.15) is 122 Å². The third-order valence-corrected chi connectivity index (χ3v) is 5.55. The number of rotatable bonds is 18. The van der Waals surface area contributed by atoms with Crippen LogP contribution in [0.3, 0.4) is 0 Å². The van der Waals surface area contributed by atoms with Gasteiger partial charge >= 0.3 is 6.18 Å². The fourth-order valence-electron chi connectivity index (χ4n) is 3.78. The summed E-state index contributed by atoms with van der Waals surface area (Å²) >= 11 is 0. The lowest BCUT2D eigenvalue weighted by Crippen LogP contribution is -2.22. The smallest absolute Gasteiger partial charge is 0.353 e. The number of halogens is 3. The van der Waals surface area contributed by atoms with Gasteiger partial charge in [0.15, 0.2) is 6.29 Å². The molecule has 0 N–H and O–H groups in total. The van der Waals surface area contributed by atoms with Gasteiger partial charge in [-0.05, 0) is 32.1 Å². The van der Waals surface area contributed by atoms with Crippen LogP contribution >= 0.6 is 0 Å². The average molecular weight is 409 g/mol. The van der Waals surface area contributed by atoms with E-state index in [9.17, 15) is 13.2 Å². The Morgan fingerprint density at radius 3 is 1.54 bits per heavy atom. The van der Waals surface area contributed by atoms with Gasteiger partial charge in [0, 0.05) is 19.6 Å². The number of ether oxygens (including phenoxy) is 2. The average Bonchev–Trinajstić information content (AvgIpc) is 2.67. The van der Waals surface area contributed by atoms with Crippen LogP contribution in [0.15, 0.2) is 0 Å². The summed E-state index contributed by atoms with van der Waals surface area (Å²) in [6.07, 6.45) is 16.1. The lowest BCUT2D eigenvalue weighted by Gasteiger charge is -2.22. The maximum absolute atomic E-state index is 12.0. The van der Waals surface area contributed by atoms with Crippen molar-refractivity contribution in [2.75, 3.05) is 13.2 Å². The van der Waals surface area contributed by atoms with Gasteiger partial charge in [0.05, 0.1) is 0 Å². The van der Waals surface area contributed by atoms with Gasteiger partial charge in [0.25, 0.3) is 0 Å². The minimum atomic E-state index is -3.97. The molecular formula is C23H43F3O2. The Morgan fingerprint density at radius 1 is 0.643 bits per heavy atom. The Bertz CT molecular complexity index is 328. The first kappa shape index (κ1) is 25.7. The molecule has 1 unspecified atom stereocenters. The van der Waals surface area contributed by atoms with Crippen LogP contribution in [0.2, 0.25) is 0 Å². The van der Waals surface area contributed by atoms with Crippen molar-refractivity contribution >= 4 is 0 Å². The van der Waals surface area contributed by atoms with Crippen molar-refractivity contribution in [1.29, 1.82) is 0 Å². The van der Waals surface area contributed by atoms with Crippen LogP contribution in [0.5, 0.6) is 0 Å². The maximum Gasteiger partial charge on any atom is 0.389 e. The molecule has 0 spiro atoms. The normalized spacial score (nSPS) is 17.9. The lowest BCUT2D eigenvalue weighted by atomic mass is 10.0. The zero-order valence-corrected chi connectivity index (χ0v) is 17.9. The third-order valence-electron chi connectivity index (χ3n) is 5.55. The van der Waals surface area contributed by atoms with Gasteiger partial charge in [-0.1, -0.05) is 83.5 Å². The molecule has 0 aliphatic carbocycles. The molecule has 1 aliphatic rings. The summed E-state index contributed by atoms with van der Waals surface area (Å²) in [6, 6.07) is 0. The molecule has 1 rings (SSSR count). The van der Waals surface area contributed by atoms with Gasteiger partial charge in [-0.3, -0.25) is 0 Å². The van der Waals surface area contributed by atoms with Crippen LogP contribution in [0.25, 0.3) is 0 Å². The molecule has 1 heterocycles. The highest BCUT2D eigenvalue weighted by molar-refractivity contribution is 4.55. The van der Waals surface area contributed by atoms with E-state index in [0.717, 1.165) is 45.3 Å². The van der Waals surface area contributed by atoms with Crippen molar-refractivity contribution in [2.24, 2.45) is 0 Å². The van der Waals surface area contributed by atoms with E-state index < -0.39 is 12.6 Å². The number of hydrogen-bond acceptors (Lipinski definition) is 2. The van der Waals surface area contributed by atoms with Crippen LogP contribution in [-0.4, -0.2) is 25.7 Å². The molecule has 0 aromatic rings. The minimum absolute atomic E-state index is 0.0585. The molecule has 168 valence electrons. The second-order valence-electron chi connectivity index (χ2n) is 8.34. The Kier molecular flexibility index (Phi) is 16.1. The molecule has 28 heavy (non-hydrogen) atoms. The highest BCUT2D eigenvalue weighted by atomic mass is 19.4. The summed E-state index contributed by atoms with van der Waals surface area (Å²) in [4.78, 5) is 0. The summed E-state index contributed by atoms with van der Waals surface area (Å²) in [5, 5.41) is 0. The Balaban J connectivity index is 1.66.